The molecule has 1 aliphatic carbocycles. The van der Waals surface area contributed by atoms with Crippen LogP contribution >= 0.6 is 11.6 Å². The topological polar surface area (TPSA) is 0 Å². The van der Waals surface area contributed by atoms with Gasteiger partial charge >= 0.3 is 0 Å². The van der Waals surface area contributed by atoms with Crippen molar-refractivity contribution in [2.45, 2.75) is 45.4 Å². The van der Waals surface area contributed by atoms with Crippen LogP contribution in [0.25, 0.3) is 0 Å². The Bertz CT molecular complexity index is 110. The lowest BCUT2D eigenvalue weighted by molar-refractivity contribution is 0.217. The van der Waals surface area contributed by atoms with Crippen LogP contribution in [0.3, 0.4) is 0 Å². The summed E-state index contributed by atoms with van der Waals surface area (Å²) < 4.78 is 0. The molecule has 1 rings (SSSR count). The molecule has 1 aliphatic rings. The van der Waals surface area contributed by atoms with E-state index < -0.39 is 0 Å². The lowest BCUT2D eigenvalue weighted by Crippen LogP contribution is -2.24. The Hall–Kier alpha value is 0.290. The van der Waals surface area contributed by atoms with Gasteiger partial charge < -0.3 is 0 Å². The molecule has 0 aromatic rings. The first-order valence-electron chi connectivity index (χ1n) is 4.73. The lowest BCUT2D eigenvalue weighted by atomic mass is 9.75. The van der Waals surface area contributed by atoms with E-state index in [0.717, 1.165) is 17.8 Å². The molecule has 3 atom stereocenters. The van der Waals surface area contributed by atoms with Gasteiger partial charge in [0.25, 0.3) is 0 Å². The normalized spacial score (nSPS) is 42.0. The summed E-state index contributed by atoms with van der Waals surface area (Å²) in [5.41, 5.74) is 0. The van der Waals surface area contributed by atoms with Crippen LogP contribution in [0, 0.1) is 17.8 Å². The summed E-state index contributed by atoms with van der Waals surface area (Å²) in [6.45, 7) is 6.83. The highest BCUT2D eigenvalue weighted by Gasteiger charge is 2.26. The SMILES string of the molecule is CC1CC(C)CC(C(C)Cl)C1. The zero-order valence-corrected chi connectivity index (χ0v) is 8.56. The summed E-state index contributed by atoms with van der Waals surface area (Å²) in [6.07, 6.45) is 4.09. The molecule has 66 valence electrons. The van der Waals surface area contributed by atoms with Gasteiger partial charge in [-0.05, 0) is 43.9 Å². The van der Waals surface area contributed by atoms with Crippen LogP contribution in [0.1, 0.15) is 40.0 Å². The molecule has 0 N–H and O–H groups in total. The number of halogens is 1. The van der Waals surface area contributed by atoms with Crippen LogP contribution < -0.4 is 0 Å². The van der Waals surface area contributed by atoms with Crippen LogP contribution in [-0.4, -0.2) is 5.38 Å². The van der Waals surface area contributed by atoms with Gasteiger partial charge in [-0.3, -0.25) is 0 Å². The fourth-order valence-electron chi connectivity index (χ4n) is 2.38. The second-order valence-corrected chi connectivity index (χ2v) is 5.04. The van der Waals surface area contributed by atoms with Crippen molar-refractivity contribution in [1.82, 2.24) is 0 Å². The van der Waals surface area contributed by atoms with E-state index >= 15 is 0 Å². The lowest BCUT2D eigenvalue weighted by Gasteiger charge is -2.32. The average Bonchev–Trinajstić information content (AvgIpc) is 1.85. The molecule has 11 heavy (non-hydrogen) atoms. The predicted octanol–water partition coefficient (Wildman–Crippen LogP) is 3.69. The second-order valence-electron chi connectivity index (χ2n) is 4.36. The third kappa shape index (κ3) is 2.66. The van der Waals surface area contributed by atoms with Gasteiger partial charge in [0, 0.05) is 5.38 Å². The van der Waals surface area contributed by atoms with Gasteiger partial charge in [0.15, 0.2) is 0 Å². The molecule has 0 aromatic heterocycles. The van der Waals surface area contributed by atoms with Crippen molar-refractivity contribution in [2.75, 3.05) is 0 Å². The molecule has 3 unspecified atom stereocenters. The molecule has 0 aliphatic heterocycles. The first-order valence-corrected chi connectivity index (χ1v) is 5.17. The summed E-state index contributed by atoms with van der Waals surface area (Å²) in [5.74, 6) is 2.56. The van der Waals surface area contributed by atoms with Gasteiger partial charge in [-0.2, -0.15) is 0 Å². The maximum atomic E-state index is 6.09. The van der Waals surface area contributed by atoms with E-state index in [9.17, 15) is 0 Å². The van der Waals surface area contributed by atoms with Crippen molar-refractivity contribution in [3.63, 3.8) is 0 Å². The van der Waals surface area contributed by atoms with Crippen molar-refractivity contribution < 1.29 is 0 Å². The van der Waals surface area contributed by atoms with Gasteiger partial charge in [0.1, 0.15) is 0 Å². The molecule has 0 amide bonds. The van der Waals surface area contributed by atoms with E-state index in [1.807, 2.05) is 0 Å². The summed E-state index contributed by atoms with van der Waals surface area (Å²) >= 11 is 6.09. The molecular weight excluding hydrogens is 156 g/mol. The zero-order valence-electron chi connectivity index (χ0n) is 7.81. The Balaban J connectivity index is 2.43. The highest BCUT2D eigenvalue weighted by molar-refractivity contribution is 6.20. The summed E-state index contributed by atoms with van der Waals surface area (Å²) in [6, 6.07) is 0. The third-order valence-corrected chi connectivity index (χ3v) is 3.22. The zero-order chi connectivity index (χ0) is 8.43. The van der Waals surface area contributed by atoms with E-state index in [0.29, 0.717) is 5.38 Å². The molecule has 1 fully saturated rings. The van der Waals surface area contributed by atoms with Gasteiger partial charge in [-0.15, -0.1) is 11.6 Å². The minimum atomic E-state index is 0.375. The van der Waals surface area contributed by atoms with Crippen LogP contribution in [-0.2, 0) is 0 Å². The highest BCUT2D eigenvalue weighted by atomic mass is 35.5. The molecule has 1 saturated carbocycles. The first-order chi connectivity index (χ1) is 5.09. The number of rotatable bonds is 1. The van der Waals surface area contributed by atoms with Gasteiger partial charge in [-0.25, -0.2) is 0 Å². The standard InChI is InChI=1S/C10H19Cl/c1-7-4-8(2)6-10(5-7)9(3)11/h7-10H,4-6H2,1-3H3. The number of alkyl halides is 1. The fraction of sp³-hybridized carbons (Fsp3) is 1.00. The Morgan fingerprint density at radius 3 is 1.91 bits per heavy atom. The van der Waals surface area contributed by atoms with Crippen LogP contribution in [0.5, 0.6) is 0 Å². The molecular formula is C10H19Cl. The number of hydrogen-bond donors (Lipinski definition) is 0. The third-order valence-electron chi connectivity index (χ3n) is 2.86. The first kappa shape index (κ1) is 9.38. The molecule has 0 heterocycles. The monoisotopic (exact) mass is 174 g/mol. The van der Waals surface area contributed by atoms with Gasteiger partial charge in [0.2, 0.25) is 0 Å². The minimum absolute atomic E-state index is 0.375. The Morgan fingerprint density at radius 1 is 1.09 bits per heavy atom. The van der Waals surface area contributed by atoms with Crippen molar-refractivity contribution in [2.24, 2.45) is 17.8 Å². The summed E-state index contributed by atoms with van der Waals surface area (Å²) in [5, 5.41) is 0.375. The van der Waals surface area contributed by atoms with E-state index in [1.165, 1.54) is 19.3 Å². The summed E-state index contributed by atoms with van der Waals surface area (Å²) in [4.78, 5) is 0. The van der Waals surface area contributed by atoms with Gasteiger partial charge in [-0.1, -0.05) is 13.8 Å². The van der Waals surface area contributed by atoms with Gasteiger partial charge in [0.05, 0.1) is 0 Å². The maximum Gasteiger partial charge on any atom is 0.0336 e. The van der Waals surface area contributed by atoms with E-state index in [2.05, 4.69) is 20.8 Å². The van der Waals surface area contributed by atoms with E-state index in [1.54, 1.807) is 0 Å². The predicted molar refractivity (Wildman–Crippen MR) is 51.0 cm³/mol. The molecule has 0 nitrogen and oxygen atoms in total. The Labute approximate surface area is 75.3 Å². The molecule has 0 bridgehead atoms. The fourth-order valence-corrected chi connectivity index (χ4v) is 2.59. The molecule has 1 heteroatoms. The van der Waals surface area contributed by atoms with Crippen LogP contribution in [0.4, 0.5) is 0 Å². The molecule has 0 spiro atoms. The Kier molecular flexibility index (Phi) is 3.24. The Morgan fingerprint density at radius 2 is 1.55 bits per heavy atom. The largest absolute Gasteiger partial charge is 0.123 e. The average molecular weight is 175 g/mol. The van der Waals surface area contributed by atoms with Crippen molar-refractivity contribution >= 4 is 11.6 Å². The summed E-state index contributed by atoms with van der Waals surface area (Å²) in [7, 11) is 0. The maximum absolute atomic E-state index is 6.09. The molecule has 0 aromatic carbocycles. The smallest absolute Gasteiger partial charge is 0.0336 e. The van der Waals surface area contributed by atoms with E-state index in [-0.39, 0.29) is 0 Å². The van der Waals surface area contributed by atoms with Crippen LogP contribution in [0.15, 0.2) is 0 Å². The van der Waals surface area contributed by atoms with Crippen LogP contribution in [0.2, 0.25) is 0 Å². The number of hydrogen-bond acceptors (Lipinski definition) is 0. The quantitative estimate of drug-likeness (QED) is 0.532. The van der Waals surface area contributed by atoms with Crippen molar-refractivity contribution in [3.05, 3.63) is 0 Å². The minimum Gasteiger partial charge on any atom is -0.123 e. The molecule has 0 saturated heterocycles. The second kappa shape index (κ2) is 3.80. The van der Waals surface area contributed by atoms with Crippen molar-refractivity contribution in [1.29, 1.82) is 0 Å². The molecule has 0 radical (unpaired) electrons. The van der Waals surface area contributed by atoms with E-state index in [4.69, 9.17) is 11.6 Å². The van der Waals surface area contributed by atoms with Crippen molar-refractivity contribution in [3.8, 4) is 0 Å². The highest BCUT2D eigenvalue weighted by Crippen LogP contribution is 2.35.